The molecular weight excluding hydrogens is 220 g/mol. The molecule has 0 amide bonds. The summed E-state index contributed by atoms with van der Waals surface area (Å²) >= 11 is 9.82. The molecule has 1 aromatic rings. The molecule has 0 aromatic heterocycles. The van der Waals surface area contributed by atoms with Crippen LogP contribution in [0.5, 0.6) is 0 Å². The molecule has 1 rings (SSSR count). The zero-order valence-electron chi connectivity index (χ0n) is 7.84. The second kappa shape index (κ2) is 5.84. The molecule has 0 unspecified atom stereocenters. The lowest BCUT2D eigenvalue weighted by Gasteiger charge is -2.06. The van der Waals surface area contributed by atoms with Crippen molar-refractivity contribution in [1.82, 2.24) is 0 Å². The van der Waals surface area contributed by atoms with Crippen molar-refractivity contribution in [2.75, 3.05) is 11.5 Å². The van der Waals surface area contributed by atoms with Gasteiger partial charge in [0.15, 0.2) is 0 Å². The van der Waals surface area contributed by atoms with Gasteiger partial charge < -0.3 is 0 Å². The van der Waals surface area contributed by atoms with Gasteiger partial charge in [-0.05, 0) is 23.6 Å². The van der Waals surface area contributed by atoms with Crippen LogP contribution in [0.3, 0.4) is 0 Å². The Balaban J connectivity index is 2.89. The topological polar surface area (TPSA) is 0 Å². The van der Waals surface area contributed by atoms with Crippen LogP contribution in [0.2, 0.25) is 5.02 Å². The SMILES string of the molecule is CCSc1cccc(SCC)c1Cl. The fourth-order valence-electron chi connectivity index (χ4n) is 1.02. The first kappa shape index (κ1) is 11.3. The van der Waals surface area contributed by atoms with Crippen molar-refractivity contribution in [3.63, 3.8) is 0 Å². The molecule has 0 radical (unpaired) electrons. The van der Waals surface area contributed by atoms with Crippen molar-refractivity contribution in [3.05, 3.63) is 23.2 Å². The van der Waals surface area contributed by atoms with Gasteiger partial charge in [-0.1, -0.05) is 31.5 Å². The Kier molecular flexibility index (Phi) is 5.07. The van der Waals surface area contributed by atoms with Crippen molar-refractivity contribution < 1.29 is 0 Å². The van der Waals surface area contributed by atoms with Crippen LogP contribution in [-0.2, 0) is 0 Å². The van der Waals surface area contributed by atoms with E-state index in [1.807, 2.05) is 0 Å². The molecular formula is C10H13ClS2. The zero-order chi connectivity index (χ0) is 9.68. The van der Waals surface area contributed by atoms with Gasteiger partial charge in [-0.2, -0.15) is 0 Å². The molecule has 13 heavy (non-hydrogen) atoms. The van der Waals surface area contributed by atoms with Gasteiger partial charge in [0.25, 0.3) is 0 Å². The molecule has 0 saturated carbocycles. The number of rotatable bonds is 4. The predicted molar refractivity (Wildman–Crippen MR) is 64.2 cm³/mol. The first-order chi connectivity index (χ1) is 6.29. The summed E-state index contributed by atoms with van der Waals surface area (Å²) in [5, 5.41) is 0.918. The zero-order valence-corrected chi connectivity index (χ0v) is 10.2. The maximum atomic E-state index is 6.22. The van der Waals surface area contributed by atoms with Crippen LogP contribution >= 0.6 is 35.1 Å². The smallest absolute Gasteiger partial charge is 0.0677 e. The largest absolute Gasteiger partial charge is 0.125 e. The summed E-state index contributed by atoms with van der Waals surface area (Å²) in [5.41, 5.74) is 0. The highest BCUT2D eigenvalue weighted by molar-refractivity contribution is 8.00. The molecule has 0 heterocycles. The second-order valence-electron chi connectivity index (χ2n) is 2.43. The van der Waals surface area contributed by atoms with Crippen LogP contribution in [0.15, 0.2) is 28.0 Å². The summed E-state index contributed by atoms with van der Waals surface area (Å²) in [7, 11) is 0. The third kappa shape index (κ3) is 3.12. The normalized spacial score (nSPS) is 10.4. The number of hydrogen-bond donors (Lipinski definition) is 0. The quantitative estimate of drug-likeness (QED) is 0.698. The van der Waals surface area contributed by atoms with E-state index in [9.17, 15) is 0 Å². The van der Waals surface area contributed by atoms with Crippen molar-refractivity contribution in [2.45, 2.75) is 23.6 Å². The van der Waals surface area contributed by atoms with Crippen molar-refractivity contribution in [2.24, 2.45) is 0 Å². The molecule has 0 aliphatic heterocycles. The van der Waals surface area contributed by atoms with Gasteiger partial charge in [-0.25, -0.2) is 0 Å². The highest BCUT2D eigenvalue weighted by Crippen LogP contribution is 2.35. The van der Waals surface area contributed by atoms with Crippen LogP contribution < -0.4 is 0 Å². The van der Waals surface area contributed by atoms with Gasteiger partial charge in [0.2, 0.25) is 0 Å². The van der Waals surface area contributed by atoms with Crippen molar-refractivity contribution in [3.8, 4) is 0 Å². The molecule has 0 fully saturated rings. The van der Waals surface area contributed by atoms with Crippen LogP contribution in [-0.4, -0.2) is 11.5 Å². The number of benzene rings is 1. The minimum atomic E-state index is 0.918. The molecule has 0 bridgehead atoms. The van der Waals surface area contributed by atoms with Gasteiger partial charge in [-0.15, -0.1) is 23.5 Å². The van der Waals surface area contributed by atoms with Crippen molar-refractivity contribution in [1.29, 1.82) is 0 Å². The summed E-state index contributed by atoms with van der Waals surface area (Å²) in [6, 6.07) is 6.23. The lowest BCUT2D eigenvalue weighted by atomic mass is 10.4. The molecule has 72 valence electrons. The summed E-state index contributed by atoms with van der Waals surface area (Å²) in [6.07, 6.45) is 0. The molecule has 0 atom stereocenters. The minimum absolute atomic E-state index is 0.918. The van der Waals surface area contributed by atoms with Crippen LogP contribution in [0.25, 0.3) is 0 Å². The van der Waals surface area contributed by atoms with Gasteiger partial charge in [0, 0.05) is 9.79 Å². The molecule has 0 aliphatic rings. The van der Waals surface area contributed by atoms with Crippen LogP contribution in [0.4, 0.5) is 0 Å². The first-order valence-electron chi connectivity index (χ1n) is 4.33. The number of hydrogen-bond acceptors (Lipinski definition) is 2. The minimum Gasteiger partial charge on any atom is -0.125 e. The third-order valence-electron chi connectivity index (χ3n) is 1.53. The van der Waals surface area contributed by atoms with Crippen molar-refractivity contribution >= 4 is 35.1 Å². The fraction of sp³-hybridized carbons (Fsp3) is 0.400. The first-order valence-corrected chi connectivity index (χ1v) is 6.68. The van der Waals surface area contributed by atoms with Gasteiger partial charge >= 0.3 is 0 Å². The average molecular weight is 233 g/mol. The second-order valence-corrected chi connectivity index (χ2v) is 5.42. The molecule has 0 N–H and O–H groups in total. The number of halogens is 1. The molecule has 0 spiro atoms. The monoisotopic (exact) mass is 232 g/mol. The van der Waals surface area contributed by atoms with Crippen LogP contribution in [0.1, 0.15) is 13.8 Å². The molecule has 3 heteroatoms. The van der Waals surface area contributed by atoms with E-state index in [1.54, 1.807) is 23.5 Å². The Morgan fingerprint density at radius 3 is 1.92 bits per heavy atom. The molecule has 0 saturated heterocycles. The van der Waals surface area contributed by atoms with Gasteiger partial charge in [0.1, 0.15) is 0 Å². The summed E-state index contributed by atoms with van der Waals surface area (Å²) in [6.45, 7) is 4.28. The van der Waals surface area contributed by atoms with E-state index in [0.29, 0.717) is 0 Å². The molecule has 1 aromatic carbocycles. The van der Waals surface area contributed by atoms with E-state index >= 15 is 0 Å². The van der Waals surface area contributed by atoms with E-state index < -0.39 is 0 Å². The highest BCUT2D eigenvalue weighted by atomic mass is 35.5. The van der Waals surface area contributed by atoms with Crippen LogP contribution in [0, 0.1) is 0 Å². The lowest BCUT2D eigenvalue weighted by Crippen LogP contribution is -1.80. The Morgan fingerprint density at radius 2 is 1.54 bits per heavy atom. The number of thioether (sulfide) groups is 2. The van der Waals surface area contributed by atoms with E-state index in [1.165, 1.54) is 9.79 Å². The Morgan fingerprint density at radius 1 is 1.08 bits per heavy atom. The summed E-state index contributed by atoms with van der Waals surface area (Å²) in [5.74, 6) is 2.14. The lowest BCUT2D eigenvalue weighted by molar-refractivity contribution is 1.32. The fourth-order valence-corrected chi connectivity index (χ4v) is 2.99. The van der Waals surface area contributed by atoms with Gasteiger partial charge in [-0.3, -0.25) is 0 Å². The van der Waals surface area contributed by atoms with Gasteiger partial charge in [0.05, 0.1) is 5.02 Å². The Bertz CT molecular complexity index is 249. The van der Waals surface area contributed by atoms with E-state index in [0.717, 1.165) is 16.5 Å². The molecule has 0 nitrogen and oxygen atoms in total. The average Bonchev–Trinajstić information content (AvgIpc) is 2.13. The summed E-state index contributed by atoms with van der Waals surface area (Å²) in [4.78, 5) is 2.39. The Labute approximate surface area is 93.4 Å². The maximum Gasteiger partial charge on any atom is 0.0677 e. The molecule has 0 aliphatic carbocycles. The maximum absolute atomic E-state index is 6.22. The Hall–Kier alpha value is 0.210. The summed E-state index contributed by atoms with van der Waals surface area (Å²) < 4.78 is 0. The standard InChI is InChI=1S/C10H13ClS2/c1-3-12-8-6-5-7-9(10(8)11)13-4-2/h5-7H,3-4H2,1-2H3. The highest BCUT2D eigenvalue weighted by Gasteiger charge is 2.04. The third-order valence-corrected chi connectivity index (χ3v) is 4.04. The van der Waals surface area contributed by atoms with E-state index in [2.05, 4.69) is 32.0 Å². The van der Waals surface area contributed by atoms with E-state index in [4.69, 9.17) is 11.6 Å². The predicted octanol–water partition coefficient (Wildman–Crippen LogP) is 4.56. The van der Waals surface area contributed by atoms with E-state index in [-0.39, 0.29) is 0 Å².